The summed E-state index contributed by atoms with van der Waals surface area (Å²) in [5.74, 6) is 1.14. The van der Waals surface area contributed by atoms with Crippen LogP contribution >= 0.6 is 0 Å². The van der Waals surface area contributed by atoms with Gasteiger partial charge in [0.1, 0.15) is 6.04 Å². The van der Waals surface area contributed by atoms with Crippen LogP contribution in [0.25, 0.3) is 16.4 Å². The van der Waals surface area contributed by atoms with Gasteiger partial charge in [0, 0.05) is 0 Å². The van der Waals surface area contributed by atoms with E-state index in [0.717, 1.165) is 13.0 Å². The zero-order valence-corrected chi connectivity index (χ0v) is 33.8. The first-order valence-electron chi connectivity index (χ1n) is 17.0. The number of hydrogen-bond acceptors (Lipinski definition) is 0. The van der Waals surface area contributed by atoms with Crippen molar-refractivity contribution in [3.63, 3.8) is 0 Å². The molecule has 4 atom stereocenters. The Balaban J connectivity index is 0. The van der Waals surface area contributed by atoms with Crippen molar-refractivity contribution in [2.45, 2.75) is 81.7 Å². The number of benzene rings is 2. The molecule has 0 spiro atoms. The number of nitrogens with one attached hydrogen (secondary N) is 1. The Hall–Kier alpha value is -2.14. The van der Waals surface area contributed by atoms with Crippen LogP contribution < -0.4 is 4.90 Å². The first-order chi connectivity index (χ1) is 21.7. The van der Waals surface area contributed by atoms with Crippen molar-refractivity contribution in [3.8, 4) is 11.1 Å². The SMILES string of the molecule is CC.CC.CC.CC.CC=CC(C)C1CC=CC=C1C1=CC=CC[N-]1.C[NH+]1C=CC=CC1c1[c-]ccc(-c2ccccc2)c1.[Sr+2]. The Morgan fingerprint density at radius 1 is 0.844 bits per heavy atom. The van der Waals surface area contributed by atoms with Crippen molar-refractivity contribution >= 4 is 45.5 Å². The molecule has 2 aromatic carbocycles. The Bertz CT molecular complexity index is 1210. The van der Waals surface area contributed by atoms with E-state index in [1.807, 2.05) is 67.5 Å². The number of allylic oxidation sites excluding steroid dienone is 10. The molecular weight excluding hydrogens is 620 g/mol. The maximum Gasteiger partial charge on any atom is 2.00 e. The second kappa shape index (κ2) is 29.3. The summed E-state index contributed by atoms with van der Waals surface area (Å²) in [7, 11) is 2.17. The van der Waals surface area contributed by atoms with E-state index in [2.05, 4.69) is 142 Å². The quantitative estimate of drug-likeness (QED) is 0.184. The molecular formula is C42H61N2Sr+. The standard InChI is InChI=1S/C18H16N.C16H20N.4C2H6.Sr/c1-19-13-6-5-12-18(19)17-11-7-10-16(14-17)15-8-3-2-4-9-15;1-3-8-13(2)14-9-4-5-10-15(14)16-11-6-7-12-17-16;4*1-2;/h2-10,12-14,18H,1H3;3-8,10-11,13-14H,9,12H2,1-2H3;4*1-2H3;/q2*-1;;;;;+2/p+1. The molecule has 1 aliphatic carbocycles. The number of rotatable bonds is 5. The summed E-state index contributed by atoms with van der Waals surface area (Å²) in [6.07, 6.45) is 27.1. The van der Waals surface area contributed by atoms with E-state index in [-0.39, 0.29) is 45.5 Å². The van der Waals surface area contributed by atoms with Gasteiger partial charge in [-0.1, -0.05) is 152 Å². The van der Waals surface area contributed by atoms with Gasteiger partial charge in [0.25, 0.3) is 0 Å². The van der Waals surface area contributed by atoms with Gasteiger partial charge in [-0.05, 0) is 42.9 Å². The third-order valence-corrected chi connectivity index (χ3v) is 6.92. The van der Waals surface area contributed by atoms with Gasteiger partial charge in [0.15, 0.2) is 0 Å². The van der Waals surface area contributed by atoms with Gasteiger partial charge < -0.3 is 10.2 Å². The zero-order chi connectivity index (χ0) is 33.2. The minimum absolute atomic E-state index is 0. The number of likely N-dealkylation sites (N-methyl/N-ethyl adjacent to an activating group) is 1. The van der Waals surface area contributed by atoms with E-state index in [1.54, 1.807) is 0 Å². The summed E-state index contributed by atoms with van der Waals surface area (Å²) in [5, 5.41) is 4.59. The summed E-state index contributed by atoms with van der Waals surface area (Å²) in [6.45, 7) is 21.2. The molecule has 0 amide bonds. The topological polar surface area (TPSA) is 18.5 Å². The van der Waals surface area contributed by atoms with Crippen LogP contribution in [0.4, 0.5) is 0 Å². The van der Waals surface area contributed by atoms with E-state index in [0.29, 0.717) is 17.9 Å². The first kappa shape index (κ1) is 45.0. The van der Waals surface area contributed by atoms with Gasteiger partial charge in [-0.3, -0.25) is 0 Å². The van der Waals surface area contributed by atoms with Crippen LogP contribution in [0.2, 0.25) is 0 Å². The predicted molar refractivity (Wildman–Crippen MR) is 205 cm³/mol. The van der Waals surface area contributed by atoms with Crippen LogP contribution in [-0.4, -0.2) is 59.1 Å². The fraction of sp³-hybridized carbons (Fsp3) is 0.381. The second-order valence-electron chi connectivity index (χ2n) is 9.46. The second-order valence-corrected chi connectivity index (χ2v) is 9.46. The molecule has 0 saturated heterocycles. The zero-order valence-electron chi connectivity index (χ0n) is 30.3. The predicted octanol–water partition coefficient (Wildman–Crippen LogP) is 11.0. The normalized spacial score (nSPS) is 19.2. The van der Waals surface area contributed by atoms with Crippen molar-refractivity contribution in [1.29, 1.82) is 0 Å². The van der Waals surface area contributed by atoms with Gasteiger partial charge in [-0.15, -0.1) is 23.9 Å². The fourth-order valence-corrected chi connectivity index (χ4v) is 4.93. The molecule has 2 nitrogen and oxygen atoms in total. The summed E-state index contributed by atoms with van der Waals surface area (Å²) < 4.78 is 0. The van der Waals surface area contributed by atoms with E-state index in [1.165, 1.54) is 32.9 Å². The third-order valence-electron chi connectivity index (χ3n) is 6.92. The molecule has 2 heterocycles. The van der Waals surface area contributed by atoms with E-state index in [4.69, 9.17) is 0 Å². The Kier molecular flexibility index (Phi) is 29.3. The maximum atomic E-state index is 4.59. The van der Waals surface area contributed by atoms with Crippen LogP contribution in [-0.2, 0) is 0 Å². The van der Waals surface area contributed by atoms with Gasteiger partial charge >= 0.3 is 45.5 Å². The summed E-state index contributed by atoms with van der Waals surface area (Å²) in [5.41, 5.74) is 6.30. The molecule has 0 radical (unpaired) electrons. The van der Waals surface area contributed by atoms with Crippen LogP contribution in [0.15, 0.2) is 133 Å². The Morgan fingerprint density at radius 2 is 1.51 bits per heavy atom. The molecule has 0 saturated carbocycles. The molecule has 240 valence electrons. The van der Waals surface area contributed by atoms with Crippen molar-refractivity contribution < 1.29 is 4.90 Å². The molecule has 45 heavy (non-hydrogen) atoms. The van der Waals surface area contributed by atoms with E-state index < -0.39 is 0 Å². The summed E-state index contributed by atoms with van der Waals surface area (Å²) >= 11 is 0. The van der Waals surface area contributed by atoms with Crippen LogP contribution in [0.5, 0.6) is 0 Å². The molecule has 3 aliphatic rings. The average molecular weight is 682 g/mol. The first-order valence-corrected chi connectivity index (χ1v) is 17.0. The minimum Gasteiger partial charge on any atom is -0.681 e. The number of nitrogens with zero attached hydrogens (tertiary/aromatic N) is 1. The number of quaternary nitrogens is 1. The fourth-order valence-electron chi connectivity index (χ4n) is 4.93. The van der Waals surface area contributed by atoms with Gasteiger partial charge in [0.2, 0.25) is 0 Å². The van der Waals surface area contributed by atoms with Crippen LogP contribution in [0, 0.1) is 17.9 Å². The molecule has 3 heteroatoms. The molecule has 0 bridgehead atoms. The number of hydrogen-bond donors (Lipinski definition) is 1. The smallest absolute Gasteiger partial charge is 0.681 e. The van der Waals surface area contributed by atoms with Crippen molar-refractivity contribution in [3.05, 3.63) is 150 Å². The van der Waals surface area contributed by atoms with Crippen LogP contribution in [0.3, 0.4) is 0 Å². The molecule has 2 aromatic rings. The molecule has 0 fully saturated rings. The van der Waals surface area contributed by atoms with Gasteiger partial charge in [0.05, 0.1) is 13.2 Å². The Labute approximate surface area is 315 Å². The monoisotopic (exact) mass is 681 g/mol. The Morgan fingerprint density at radius 3 is 2.11 bits per heavy atom. The third kappa shape index (κ3) is 15.8. The van der Waals surface area contributed by atoms with Gasteiger partial charge in [-0.2, -0.15) is 24.3 Å². The van der Waals surface area contributed by atoms with Crippen LogP contribution in [0.1, 0.15) is 87.3 Å². The molecule has 5 rings (SSSR count). The summed E-state index contributed by atoms with van der Waals surface area (Å²) in [6, 6.07) is 20.6. The molecule has 2 aliphatic heterocycles. The maximum absolute atomic E-state index is 4.59. The van der Waals surface area contributed by atoms with Crippen molar-refractivity contribution in [1.82, 2.24) is 0 Å². The molecule has 1 N–H and O–H groups in total. The van der Waals surface area contributed by atoms with Gasteiger partial charge in [-0.25, -0.2) is 0 Å². The molecule has 0 aromatic heterocycles. The minimum atomic E-state index is 0. The van der Waals surface area contributed by atoms with E-state index in [9.17, 15) is 0 Å². The largest absolute Gasteiger partial charge is 2.00 e. The van der Waals surface area contributed by atoms with E-state index >= 15 is 0 Å². The van der Waals surface area contributed by atoms with Crippen molar-refractivity contribution in [2.24, 2.45) is 11.8 Å². The average Bonchev–Trinajstić information content (AvgIpc) is 3.13. The van der Waals surface area contributed by atoms with Crippen molar-refractivity contribution in [2.75, 3.05) is 13.6 Å². The summed E-state index contributed by atoms with van der Waals surface area (Å²) in [4.78, 5) is 1.36. The molecule has 4 unspecified atom stereocenters.